The smallest absolute Gasteiger partial charge is 0.418 e. The summed E-state index contributed by atoms with van der Waals surface area (Å²) >= 11 is 0. The zero-order valence-electron chi connectivity index (χ0n) is 54.2. The van der Waals surface area contributed by atoms with Gasteiger partial charge in [-0.05, 0) is 92.3 Å². The van der Waals surface area contributed by atoms with Gasteiger partial charge in [0.2, 0.25) is 17.7 Å². The van der Waals surface area contributed by atoms with Gasteiger partial charge in [-0.15, -0.1) is 0 Å². The van der Waals surface area contributed by atoms with Crippen LogP contribution in [-0.4, -0.2) is 234 Å². The number of fused-ring (bicyclic) bond motifs is 1. The van der Waals surface area contributed by atoms with E-state index in [9.17, 15) is 32.3 Å². The predicted octanol–water partition coefficient (Wildman–Crippen LogP) is 5.59. The Labute approximate surface area is 539 Å². The summed E-state index contributed by atoms with van der Waals surface area (Å²) in [6.07, 6.45) is 3.27. The van der Waals surface area contributed by atoms with Gasteiger partial charge in [0.1, 0.15) is 5.75 Å². The number of amides is 4. The first-order valence-corrected chi connectivity index (χ1v) is 32.6. The van der Waals surface area contributed by atoms with Crippen molar-refractivity contribution >= 4 is 23.6 Å². The number of alkyl halides is 3. The minimum atomic E-state index is -4.61. The monoisotopic (exact) mass is 1300 g/mol. The van der Waals surface area contributed by atoms with Crippen LogP contribution in [0, 0.1) is 17.3 Å². The average molecular weight is 1300 g/mol. The molecule has 92 heavy (non-hydrogen) atoms. The largest absolute Gasteiger partial charge is 0.494 e. The van der Waals surface area contributed by atoms with Crippen LogP contribution in [0.3, 0.4) is 0 Å². The third-order valence-electron chi connectivity index (χ3n) is 17.2. The van der Waals surface area contributed by atoms with Gasteiger partial charge in [-0.2, -0.15) is 13.2 Å². The molecule has 23 nitrogen and oxygen atoms in total. The number of benzene rings is 1. The van der Waals surface area contributed by atoms with E-state index in [0.717, 1.165) is 18.4 Å². The highest BCUT2D eigenvalue weighted by molar-refractivity contribution is 5.94. The summed E-state index contributed by atoms with van der Waals surface area (Å²) in [4.78, 5) is 64.5. The Hall–Kier alpha value is -5.49. The summed E-state index contributed by atoms with van der Waals surface area (Å²) in [6.45, 7) is 13.9. The average Bonchev–Trinajstić information content (AvgIpc) is 1.38. The maximum atomic E-state index is 14.6. The van der Waals surface area contributed by atoms with Gasteiger partial charge in [-0.3, -0.25) is 29.1 Å². The number of pyridine rings is 2. The van der Waals surface area contributed by atoms with E-state index < -0.39 is 23.1 Å². The summed E-state index contributed by atoms with van der Waals surface area (Å²) in [6, 6.07) is 11.5. The minimum Gasteiger partial charge on any atom is -0.494 e. The van der Waals surface area contributed by atoms with Gasteiger partial charge >= 0.3 is 6.18 Å². The lowest BCUT2D eigenvalue weighted by Crippen LogP contribution is -2.52. The maximum Gasteiger partial charge on any atom is 0.418 e. The number of methoxy groups -OCH3 is 1. The zero-order chi connectivity index (χ0) is 65.4. The highest BCUT2D eigenvalue weighted by atomic mass is 19.4. The van der Waals surface area contributed by atoms with Crippen molar-refractivity contribution in [2.45, 2.75) is 109 Å². The van der Waals surface area contributed by atoms with Crippen molar-refractivity contribution in [1.82, 2.24) is 35.7 Å². The van der Waals surface area contributed by atoms with Crippen molar-refractivity contribution in [3.05, 3.63) is 88.5 Å². The van der Waals surface area contributed by atoms with Crippen LogP contribution >= 0.6 is 0 Å². The second kappa shape index (κ2) is 40.0. The summed E-state index contributed by atoms with van der Waals surface area (Å²) < 4.78 is 111. The Kier molecular flexibility index (Phi) is 32.2. The van der Waals surface area contributed by atoms with Gasteiger partial charge in [-0.25, -0.2) is 0 Å². The first-order chi connectivity index (χ1) is 44.7. The number of ether oxygens (including phenoxy) is 12. The van der Waals surface area contributed by atoms with Gasteiger partial charge in [0.05, 0.1) is 167 Å². The first-order valence-electron chi connectivity index (χ1n) is 32.6. The number of aryl methyl sites for hydroxylation is 1. The van der Waals surface area contributed by atoms with Crippen LogP contribution in [0.2, 0.25) is 0 Å². The number of hydrogen-bond donors (Lipinski definition) is 3. The second-order valence-corrected chi connectivity index (χ2v) is 23.7. The number of aromatic nitrogens is 2. The fourth-order valence-corrected chi connectivity index (χ4v) is 12.1. The summed E-state index contributed by atoms with van der Waals surface area (Å²) in [5.41, 5.74) is 0.931. The zero-order valence-corrected chi connectivity index (χ0v) is 54.2. The number of likely N-dealkylation sites (tertiary alicyclic amines) is 1. The molecule has 0 unspecified atom stereocenters. The molecule has 2 saturated heterocycles. The number of carbonyl (C=O) groups excluding carboxylic acids is 4. The molecule has 0 spiro atoms. The Morgan fingerprint density at radius 2 is 1.37 bits per heavy atom. The van der Waals surface area contributed by atoms with Crippen LogP contribution in [0.15, 0.2) is 54.9 Å². The van der Waals surface area contributed by atoms with Gasteiger partial charge in [-0.1, -0.05) is 26.0 Å². The molecule has 1 aromatic carbocycles. The molecule has 6 atom stereocenters. The molecular formula is C66H98F3N7O16. The third kappa shape index (κ3) is 23.8. The van der Waals surface area contributed by atoms with E-state index in [1.807, 2.05) is 6.07 Å². The quantitative estimate of drug-likeness (QED) is 0.0584. The number of unbranched alkanes of at least 4 members (excludes halogenated alkanes) is 1. The highest BCUT2D eigenvalue weighted by Crippen LogP contribution is 2.47. The van der Waals surface area contributed by atoms with E-state index in [4.69, 9.17) is 56.8 Å². The van der Waals surface area contributed by atoms with E-state index in [0.29, 0.717) is 193 Å². The molecule has 3 aromatic rings. The molecule has 2 aromatic heterocycles. The van der Waals surface area contributed by atoms with Gasteiger partial charge in [0.25, 0.3) is 5.91 Å². The fraction of sp³-hybridized carbons (Fsp3) is 0.697. The maximum absolute atomic E-state index is 14.6. The third-order valence-corrected chi connectivity index (χ3v) is 17.2. The molecule has 514 valence electrons. The van der Waals surface area contributed by atoms with E-state index in [2.05, 4.69) is 39.8 Å². The molecule has 4 amide bonds. The van der Waals surface area contributed by atoms with E-state index >= 15 is 0 Å². The molecular weight excluding hydrogens is 1200 g/mol. The molecule has 26 heteroatoms. The molecule has 5 heterocycles. The molecule has 7 rings (SSSR count). The Bertz CT molecular complexity index is 2670. The molecule has 1 aliphatic carbocycles. The number of nitrogens with one attached hydrogen (secondary N) is 3. The number of carbonyl (C=O) groups is 4. The van der Waals surface area contributed by atoms with Crippen molar-refractivity contribution in [1.29, 1.82) is 0 Å². The van der Waals surface area contributed by atoms with Crippen LogP contribution in [0.25, 0.3) is 0 Å². The van der Waals surface area contributed by atoms with Crippen LogP contribution < -0.4 is 20.7 Å². The number of hydrogen-bond acceptors (Lipinski definition) is 19. The Balaban J connectivity index is 0.619. The molecule has 3 fully saturated rings. The van der Waals surface area contributed by atoms with Crippen molar-refractivity contribution in [3.8, 4) is 5.75 Å². The number of halogens is 3. The van der Waals surface area contributed by atoms with Gasteiger partial charge < -0.3 is 82.6 Å². The Morgan fingerprint density at radius 3 is 1.95 bits per heavy atom. The molecule has 4 aliphatic rings. The van der Waals surface area contributed by atoms with Crippen molar-refractivity contribution in [3.63, 3.8) is 0 Å². The number of rotatable bonds is 44. The molecule has 3 aliphatic heterocycles. The van der Waals surface area contributed by atoms with Crippen LogP contribution in [0.5, 0.6) is 5.75 Å². The molecule has 0 radical (unpaired) electrons. The summed E-state index contributed by atoms with van der Waals surface area (Å²) in [5, 5.41) is 9.46. The number of nitrogens with zero attached hydrogens (tertiary/aromatic N) is 4. The van der Waals surface area contributed by atoms with Crippen LogP contribution in [-0.2, 0) is 92.1 Å². The van der Waals surface area contributed by atoms with Crippen LogP contribution in [0.4, 0.5) is 13.2 Å². The van der Waals surface area contributed by atoms with E-state index in [1.165, 1.54) is 6.07 Å². The highest BCUT2D eigenvalue weighted by Gasteiger charge is 2.50. The van der Waals surface area contributed by atoms with Gasteiger partial charge in [0.15, 0.2) is 0 Å². The lowest BCUT2D eigenvalue weighted by atomic mass is 9.74. The summed E-state index contributed by atoms with van der Waals surface area (Å²) in [5.74, 6) is -0.495. The second-order valence-electron chi connectivity index (χ2n) is 23.7. The molecule has 0 bridgehead atoms. The molecule has 3 N–H and O–H groups in total. The lowest BCUT2D eigenvalue weighted by Gasteiger charge is -2.40. The minimum absolute atomic E-state index is 0.00510. The van der Waals surface area contributed by atoms with Crippen molar-refractivity contribution in [2.75, 3.05) is 173 Å². The first kappa shape index (κ1) is 73.9. The predicted molar refractivity (Wildman–Crippen MR) is 332 cm³/mol. The fourth-order valence-electron chi connectivity index (χ4n) is 12.1. The lowest BCUT2D eigenvalue weighted by molar-refractivity contribution is -0.146. The SMILES string of the molecule is CO[C@@H]1COCC[C@@H]1N[C@@H]1CC[C@@](C(=O)N2CCc3nc(CCCCOc4cccc(C(=O)NCCOCCOCCOCCOCCOCCOCCOCCOCCOCCNC(=O)[C@H]5CC(=O)N(C)[C@@H]5c5cccnc5)c4)c(C(F)(F)F)cc3C2)(C(C)C)C1. The van der Waals surface area contributed by atoms with Crippen molar-refractivity contribution < 1.29 is 89.2 Å². The molecule has 1 saturated carbocycles. The standard InChI is InChI=1S/C66H98F3N7O16/c1-48(2)65(16-13-52(44-65)73-58-15-22-91-47-59(58)81-4)64(80)76-20-14-56-51(46-76)42-55(66(67,68)69)57(74-56)12-5-6-21-92-53-11-7-9-49(41-53)62(78)71-18-23-82-25-27-84-29-31-86-33-35-88-37-39-90-40-38-89-36-34-87-32-30-85-28-26-83-24-19-72-63(79)54-43-60(77)75(3)61(54)50-10-8-17-70-45-50/h7-11,17,41-42,45,48,52,54,58-59,61,73H,5-6,12-16,18-40,43-44,46-47H2,1-4H3,(H,71,78)(H,72,79)/t52-,54+,58+,59-,61-,65+/m1/s1. The van der Waals surface area contributed by atoms with E-state index in [-0.39, 0.29) is 98.6 Å². The van der Waals surface area contributed by atoms with Gasteiger partial charge in [0, 0.05) is 95.5 Å². The topological polar surface area (TPSA) is 247 Å². The normalized spacial score (nSPS) is 20.9. The van der Waals surface area contributed by atoms with Crippen LogP contribution in [0.1, 0.15) is 103 Å². The van der Waals surface area contributed by atoms with Crippen molar-refractivity contribution in [2.24, 2.45) is 17.3 Å². The summed E-state index contributed by atoms with van der Waals surface area (Å²) in [7, 11) is 3.39. The van der Waals surface area contributed by atoms with E-state index in [1.54, 1.807) is 66.7 Å². The Morgan fingerprint density at radius 1 is 0.761 bits per heavy atom.